The fourth-order valence-corrected chi connectivity index (χ4v) is 5.80. The molecule has 1 amide bonds. The SMILES string of the molecule is C[C@H](SCc1ccccc1)C(=O)N(CCCN(C)C)[C@H]1CCS(=O)(=O)C1. The van der Waals surface area contributed by atoms with Crippen LogP contribution in [-0.4, -0.2) is 74.1 Å². The van der Waals surface area contributed by atoms with Crippen LogP contribution < -0.4 is 0 Å². The van der Waals surface area contributed by atoms with E-state index in [0.29, 0.717) is 13.0 Å². The number of rotatable bonds is 9. The number of hydrogen-bond acceptors (Lipinski definition) is 5. The van der Waals surface area contributed by atoms with E-state index in [1.54, 1.807) is 11.8 Å². The van der Waals surface area contributed by atoms with Crippen molar-refractivity contribution in [3.63, 3.8) is 0 Å². The third kappa shape index (κ3) is 6.59. The predicted molar refractivity (Wildman–Crippen MR) is 109 cm³/mol. The molecule has 26 heavy (non-hydrogen) atoms. The molecule has 5 nitrogen and oxygen atoms in total. The predicted octanol–water partition coefficient (Wildman–Crippen LogP) is 2.28. The molecule has 1 heterocycles. The maximum atomic E-state index is 13.0. The lowest BCUT2D eigenvalue weighted by Crippen LogP contribution is -2.45. The summed E-state index contributed by atoms with van der Waals surface area (Å²) in [6.45, 7) is 3.43. The molecule has 0 spiro atoms. The van der Waals surface area contributed by atoms with Crippen LogP contribution in [0.5, 0.6) is 0 Å². The van der Waals surface area contributed by atoms with E-state index >= 15 is 0 Å². The number of nitrogens with zero attached hydrogens (tertiary/aromatic N) is 2. The number of hydrogen-bond donors (Lipinski definition) is 0. The Labute approximate surface area is 162 Å². The molecule has 2 atom stereocenters. The molecule has 0 unspecified atom stereocenters. The first-order chi connectivity index (χ1) is 12.3. The van der Waals surface area contributed by atoms with Gasteiger partial charge in [-0.15, -0.1) is 11.8 Å². The highest BCUT2D eigenvalue weighted by Gasteiger charge is 2.35. The van der Waals surface area contributed by atoms with Crippen molar-refractivity contribution in [3.05, 3.63) is 35.9 Å². The van der Waals surface area contributed by atoms with Crippen LogP contribution in [0.4, 0.5) is 0 Å². The molecule has 0 bridgehead atoms. The van der Waals surface area contributed by atoms with E-state index in [1.807, 2.05) is 44.1 Å². The van der Waals surface area contributed by atoms with Gasteiger partial charge in [-0.1, -0.05) is 30.3 Å². The standard InChI is InChI=1S/C19H30N2O3S2/c1-16(25-14-17-8-5-4-6-9-17)19(22)21(12-7-11-20(2)3)18-10-13-26(23,24)15-18/h4-6,8-9,16,18H,7,10-15H2,1-3H3/t16-,18-/m0/s1. The van der Waals surface area contributed by atoms with Crippen LogP contribution in [0, 0.1) is 0 Å². The molecule has 7 heteroatoms. The van der Waals surface area contributed by atoms with Gasteiger partial charge in [0.05, 0.1) is 16.8 Å². The summed E-state index contributed by atoms with van der Waals surface area (Å²) in [6, 6.07) is 9.92. The number of sulfone groups is 1. The zero-order chi connectivity index (χ0) is 19.2. The van der Waals surface area contributed by atoms with Crippen molar-refractivity contribution in [3.8, 4) is 0 Å². The second kappa shape index (κ2) is 9.76. The average molecular weight is 399 g/mol. The second-order valence-electron chi connectivity index (χ2n) is 7.18. The van der Waals surface area contributed by atoms with E-state index in [2.05, 4.69) is 17.0 Å². The zero-order valence-electron chi connectivity index (χ0n) is 15.9. The highest BCUT2D eigenvalue weighted by Crippen LogP contribution is 2.24. The molecule has 146 valence electrons. The summed E-state index contributed by atoms with van der Waals surface area (Å²) in [5.74, 6) is 1.14. The van der Waals surface area contributed by atoms with Gasteiger partial charge in [-0.05, 0) is 46.0 Å². The van der Waals surface area contributed by atoms with Gasteiger partial charge in [-0.2, -0.15) is 0 Å². The molecule has 2 rings (SSSR count). The monoisotopic (exact) mass is 398 g/mol. The number of thioether (sulfide) groups is 1. The molecule has 1 fully saturated rings. The lowest BCUT2D eigenvalue weighted by Gasteiger charge is -2.31. The van der Waals surface area contributed by atoms with Crippen molar-refractivity contribution in [2.75, 3.05) is 38.7 Å². The van der Waals surface area contributed by atoms with Crippen LogP contribution in [-0.2, 0) is 20.4 Å². The van der Waals surface area contributed by atoms with Crippen molar-refractivity contribution >= 4 is 27.5 Å². The Morgan fingerprint density at radius 3 is 2.50 bits per heavy atom. The smallest absolute Gasteiger partial charge is 0.235 e. The van der Waals surface area contributed by atoms with Crippen molar-refractivity contribution < 1.29 is 13.2 Å². The summed E-state index contributed by atoms with van der Waals surface area (Å²) in [5, 5.41) is -0.183. The zero-order valence-corrected chi connectivity index (χ0v) is 17.6. The first-order valence-electron chi connectivity index (χ1n) is 9.09. The first-order valence-corrected chi connectivity index (χ1v) is 12.0. The highest BCUT2D eigenvalue weighted by atomic mass is 32.2. The first kappa shape index (κ1) is 21.3. The summed E-state index contributed by atoms with van der Waals surface area (Å²) in [4.78, 5) is 16.9. The maximum Gasteiger partial charge on any atom is 0.235 e. The summed E-state index contributed by atoms with van der Waals surface area (Å²) in [7, 11) is 1.00. The molecule has 1 aliphatic heterocycles. The fraction of sp³-hybridized carbons (Fsp3) is 0.632. The van der Waals surface area contributed by atoms with E-state index < -0.39 is 9.84 Å². The number of carbonyl (C=O) groups excluding carboxylic acids is 1. The van der Waals surface area contributed by atoms with E-state index in [4.69, 9.17) is 0 Å². The van der Waals surface area contributed by atoms with E-state index in [1.165, 1.54) is 5.56 Å². The van der Waals surface area contributed by atoms with Crippen LogP contribution in [0.3, 0.4) is 0 Å². The van der Waals surface area contributed by atoms with Crippen LogP contribution in [0.15, 0.2) is 30.3 Å². The Balaban J connectivity index is 1.98. The van der Waals surface area contributed by atoms with Crippen LogP contribution in [0.25, 0.3) is 0 Å². The summed E-state index contributed by atoms with van der Waals surface area (Å²) < 4.78 is 23.8. The summed E-state index contributed by atoms with van der Waals surface area (Å²) in [6.07, 6.45) is 1.41. The molecule has 1 aliphatic rings. The van der Waals surface area contributed by atoms with Gasteiger partial charge < -0.3 is 9.80 Å². The molecular formula is C19H30N2O3S2. The molecule has 1 saturated heterocycles. The molecule has 0 aromatic heterocycles. The van der Waals surface area contributed by atoms with Gasteiger partial charge >= 0.3 is 0 Å². The minimum atomic E-state index is -3.01. The van der Waals surface area contributed by atoms with Gasteiger partial charge in [-0.25, -0.2) is 8.42 Å². The number of amides is 1. The van der Waals surface area contributed by atoms with E-state index in [9.17, 15) is 13.2 Å². The summed E-state index contributed by atoms with van der Waals surface area (Å²) in [5.41, 5.74) is 1.19. The molecule has 1 aromatic carbocycles. The van der Waals surface area contributed by atoms with Crippen molar-refractivity contribution in [2.45, 2.75) is 36.8 Å². The normalized spacial score (nSPS) is 20.2. The summed E-state index contributed by atoms with van der Waals surface area (Å²) >= 11 is 1.61. The van der Waals surface area contributed by atoms with Crippen LogP contribution >= 0.6 is 11.8 Å². The molecule has 1 aromatic rings. The molecule has 0 aliphatic carbocycles. The van der Waals surface area contributed by atoms with Crippen molar-refractivity contribution in [2.24, 2.45) is 0 Å². The van der Waals surface area contributed by atoms with Crippen molar-refractivity contribution in [1.29, 1.82) is 0 Å². The third-order valence-electron chi connectivity index (χ3n) is 4.63. The average Bonchev–Trinajstić information content (AvgIpc) is 2.96. The second-order valence-corrected chi connectivity index (χ2v) is 10.7. The Kier molecular flexibility index (Phi) is 7.98. The lowest BCUT2D eigenvalue weighted by molar-refractivity contribution is -0.132. The Morgan fingerprint density at radius 2 is 1.92 bits per heavy atom. The number of benzene rings is 1. The number of carbonyl (C=O) groups is 1. The maximum absolute atomic E-state index is 13.0. The van der Waals surface area contributed by atoms with Gasteiger partial charge in [0.25, 0.3) is 0 Å². The molecule has 0 radical (unpaired) electrons. The Morgan fingerprint density at radius 1 is 1.23 bits per heavy atom. The highest BCUT2D eigenvalue weighted by molar-refractivity contribution is 7.99. The van der Waals surface area contributed by atoms with Gasteiger partial charge in [0.15, 0.2) is 9.84 Å². The largest absolute Gasteiger partial charge is 0.338 e. The van der Waals surface area contributed by atoms with Crippen LogP contribution in [0.2, 0.25) is 0 Å². The van der Waals surface area contributed by atoms with E-state index in [-0.39, 0.29) is 28.7 Å². The Hall–Kier alpha value is -1.05. The molecule has 0 N–H and O–H groups in total. The van der Waals surface area contributed by atoms with Crippen molar-refractivity contribution in [1.82, 2.24) is 9.80 Å². The lowest BCUT2D eigenvalue weighted by atomic mass is 10.2. The minimum Gasteiger partial charge on any atom is -0.338 e. The Bertz CT molecular complexity index is 677. The van der Waals surface area contributed by atoms with Gasteiger partial charge in [0.1, 0.15) is 0 Å². The minimum absolute atomic E-state index is 0.0618. The quantitative estimate of drug-likeness (QED) is 0.639. The van der Waals surface area contributed by atoms with Gasteiger partial charge in [0.2, 0.25) is 5.91 Å². The molecule has 0 saturated carbocycles. The topological polar surface area (TPSA) is 57.7 Å². The van der Waals surface area contributed by atoms with E-state index in [0.717, 1.165) is 18.7 Å². The van der Waals surface area contributed by atoms with Gasteiger partial charge in [0, 0.05) is 18.3 Å². The van der Waals surface area contributed by atoms with Gasteiger partial charge in [-0.3, -0.25) is 4.79 Å². The van der Waals surface area contributed by atoms with Crippen LogP contribution in [0.1, 0.15) is 25.3 Å². The molecular weight excluding hydrogens is 368 g/mol. The third-order valence-corrected chi connectivity index (χ3v) is 7.58. The fourth-order valence-electron chi connectivity index (χ4n) is 3.15.